The van der Waals surface area contributed by atoms with Gasteiger partial charge in [0.15, 0.2) is 0 Å². The lowest BCUT2D eigenvalue weighted by Crippen LogP contribution is -2.50. The maximum Gasteiger partial charge on any atom is 0.253 e. The number of piperazine rings is 1. The van der Waals surface area contributed by atoms with Crippen LogP contribution < -0.4 is 0 Å². The number of carbonyl (C=O) groups is 5. The Morgan fingerprint density at radius 3 is 1.90 bits per heavy atom. The molecule has 31 heavy (non-hydrogen) atoms. The zero-order chi connectivity index (χ0) is 23.0. The Labute approximate surface area is 184 Å². The molecule has 0 aliphatic carbocycles. The minimum atomic E-state index is -0.332. The first kappa shape index (κ1) is 24.7. The summed E-state index contributed by atoms with van der Waals surface area (Å²) >= 11 is 0. The lowest BCUT2D eigenvalue weighted by molar-refractivity contribution is -0.140. The van der Waals surface area contributed by atoms with E-state index in [2.05, 4.69) is 0 Å². The molecule has 1 saturated heterocycles. The molecule has 0 aromatic carbocycles. The van der Waals surface area contributed by atoms with Crippen LogP contribution in [0.4, 0.5) is 0 Å². The summed E-state index contributed by atoms with van der Waals surface area (Å²) in [6.45, 7) is 6.94. The van der Waals surface area contributed by atoms with Gasteiger partial charge in [-0.15, -0.1) is 0 Å². The summed E-state index contributed by atoms with van der Waals surface area (Å²) in [5, 5.41) is 0. The molecule has 1 fully saturated rings. The summed E-state index contributed by atoms with van der Waals surface area (Å²) < 4.78 is 0. The molecule has 2 rings (SSSR count). The van der Waals surface area contributed by atoms with E-state index in [1.54, 1.807) is 9.80 Å². The van der Waals surface area contributed by atoms with Crippen molar-refractivity contribution in [3.05, 3.63) is 12.2 Å². The highest BCUT2D eigenvalue weighted by molar-refractivity contribution is 6.12. The maximum atomic E-state index is 12.5. The number of rotatable bonds is 11. The summed E-state index contributed by atoms with van der Waals surface area (Å²) in [5.74, 6) is -0.374. The molecule has 172 valence electrons. The second-order valence-electron chi connectivity index (χ2n) is 8.48. The molecule has 0 aromatic heterocycles. The molecule has 2 aliphatic rings. The first-order valence-electron chi connectivity index (χ1n) is 11.0. The van der Waals surface area contributed by atoms with Crippen LogP contribution in [0.5, 0.6) is 0 Å². The van der Waals surface area contributed by atoms with Gasteiger partial charge in [-0.2, -0.15) is 0 Å². The van der Waals surface area contributed by atoms with Gasteiger partial charge in [0.25, 0.3) is 11.8 Å². The summed E-state index contributed by atoms with van der Waals surface area (Å²) in [5.41, 5.74) is 0. The number of aldehydes is 1. The molecule has 0 aromatic rings. The fourth-order valence-electron chi connectivity index (χ4n) is 3.96. The van der Waals surface area contributed by atoms with Crippen molar-refractivity contribution in [2.24, 2.45) is 5.92 Å². The Morgan fingerprint density at radius 1 is 0.968 bits per heavy atom. The van der Waals surface area contributed by atoms with Crippen molar-refractivity contribution in [1.82, 2.24) is 19.6 Å². The molecule has 0 unspecified atom stereocenters. The number of likely N-dealkylation sites (N-methyl/N-ethyl adjacent to an activating group) is 1. The van der Waals surface area contributed by atoms with Gasteiger partial charge in [-0.1, -0.05) is 13.8 Å². The van der Waals surface area contributed by atoms with Crippen LogP contribution in [0.25, 0.3) is 0 Å². The lowest BCUT2D eigenvalue weighted by atomic mass is 10.0. The molecule has 2 aliphatic heterocycles. The monoisotopic (exact) mass is 434 g/mol. The molecule has 4 amide bonds. The van der Waals surface area contributed by atoms with Gasteiger partial charge in [0.05, 0.1) is 6.04 Å². The van der Waals surface area contributed by atoms with E-state index in [-0.39, 0.29) is 48.6 Å². The number of carbonyl (C=O) groups excluding carboxylic acids is 5. The largest absolute Gasteiger partial charge is 0.339 e. The normalized spacial score (nSPS) is 17.8. The number of nitrogens with zero attached hydrogens (tertiary/aromatic N) is 4. The van der Waals surface area contributed by atoms with E-state index in [0.717, 1.165) is 11.2 Å². The number of hydrogen-bond acceptors (Lipinski definition) is 6. The Bertz CT molecular complexity index is 695. The number of hydrogen-bond donors (Lipinski definition) is 0. The van der Waals surface area contributed by atoms with E-state index >= 15 is 0 Å². The minimum absolute atomic E-state index is 0.0191. The van der Waals surface area contributed by atoms with Crippen molar-refractivity contribution in [3.8, 4) is 0 Å². The van der Waals surface area contributed by atoms with Gasteiger partial charge in [-0.3, -0.25) is 29.0 Å². The lowest BCUT2D eigenvalue weighted by Gasteiger charge is -2.35. The SMILES string of the molecule is CC(C)[C@@H](C=O)N(C)CCCC(=O)N1CCN(C(=O)CCCN2C(=O)C=CC2=O)CC1. The summed E-state index contributed by atoms with van der Waals surface area (Å²) in [6, 6.07) is -0.136. The third kappa shape index (κ3) is 6.99. The first-order valence-corrected chi connectivity index (χ1v) is 11.0. The van der Waals surface area contributed by atoms with Crippen molar-refractivity contribution < 1.29 is 24.0 Å². The number of imide groups is 1. The van der Waals surface area contributed by atoms with E-state index in [1.165, 1.54) is 12.2 Å². The molecule has 1 atom stereocenters. The van der Waals surface area contributed by atoms with Crippen molar-refractivity contribution in [2.75, 3.05) is 46.3 Å². The van der Waals surface area contributed by atoms with Crippen LogP contribution in [0.15, 0.2) is 12.2 Å². The predicted octanol–water partition coefficient (Wildman–Crippen LogP) is 0.298. The molecule has 0 spiro atoms. The molecule has 0 bridgehead atoms. The van der Waals surface area contributed by atoms with Crippen molar-refractivity contribution >= 4 is 29.9 Å². The molecule has 0 N–H and O–H groups in total. The van der Waals surface area contributed by atoms with Gasteiger partial charge in [-0.25, -0.2) is 0 Å². The highest BCUT2D eigenvalue weighted by atomic mass is 16.2. The smallest absolute Gasteiger partial charge is 0.253 e. The molecule has 0 radical (unpaired) electrons. The van der Waals surface area contributed by atoms with Gasteiger partial charge in [-0.05, 0) is 32.4 Å². The van der Waals surface area contributed by atoms with Gasteiger partial charge in [0, 0.05) is 57.7 Å². The number of amides is 4. The van der Waals surface area contributed by atoms with Crippen LogP contribution in [0.1, 0.15) is 39.5 Å². The fraction of sp³-hybridized carbons (Fsp3) is 0.682. The highest BCUT2D eigenvalue weighted by Gasteiger charge is 2.26. The molecule has 2 heterocycles. The zero-order valence-corrected chi connectivity index (χ0v) is 18.8. The minimum Gasteiger partial charge on any atom is -0.339 e. The van der Waals surface area contributed by atoms with Crippen LogP contribution in [-0.2, 0) is 24.0 Å². The van der Waals surface area contributed by atoms with Crippen LogP contribution in [0.2, 0.25) is 0 Å². The quantitative estimate of drug-likeness (QED) is 0.343. The Balaban J connectivity index is 1.64. The molecule has 9 nitrogen and oxygen atoms in total. The van der Waals surface area contributed by atoms with E-state index in [9.17, 15) is 24.0 Å². The molecular weight excluding hydrogens is 400 g/mol. The average molecular weight is 435 g/mol. The molecule has 0 saturated carbocycles. The van der Waals surface area contributed by atoms with E-state index in [1.807, 2.05) is 25.8 Å². The van der Waals surface area contributed by atoms with Crippen LogP contribution in [-0.4, -0.2) is 102 Å². The van der Waals surface area contributed by atoms with Crippen LogP contribution in [0, 0.1) is 5.92 Å². The van der Waals surface area contributed by atoms with Gasteiger partial charge in [0.1, 0.15) is 6.29 Å². The standard InChI is InChI=1S/C22H34N4O5/c1-17(2)18(16-27)23(3)10-4-6-19(28)24-12-14-25(15-13-24)20(29)7-5-11-26-21(30)8-9-22(26)31/h8-9,16-18H,4-7,10-15H2,1-3H3/t18-/m1/s1. The van der Waals surface area contributed by atoms with Crippen molar-refractivity contribution in [3.63, 3.8) is 0 Å². The maximum absolute atomic E-state index is 12.5. The predicted molar refractivity (Wildman–Crippen MR) is 115 cm³/mol. The van der Waals surface area contributed by atoms with E-state index in [0.29, 0.717) is 52.0 Å². The average Bonchev–Trinajstić information content (AvgIpc) is 3.06. The van der Waals surface area contributed by atoms with E-state index < -0.39 is 0 Å². The second kappa shape index (κ2) is 11.7. The third-order valence-electron chi connectivity index (χ3n) is 5.89. The topological polar surface area (TPSA) is 98.3 Å². The Morgan fingerprint density at radius 2 is 1.45 bits per heavy atom. The summed E-state index contributed by atoms with van der Waals surface area (Å²) in [4.78, 5) is 65.7. The van der Waals surface area contributed by atoms with Gasteiger partial charge >= 0.3 is 0 Å². The molecular formula is C22H34N4O5. The highest BCUT2D eigenvalue weighted by Crippen LogP contribution is 2.11. The van der Waals surface area contributed by atoms with Gasteiger partial charge < -0.3 is 14.6 Å². The first-order chi connectivity index (χ1) is 14.7. The Hall–Kier alpha value is -2.55. The van der Waals surface area contributed by atoms with E-state index in [4.69, 9.17) is 0 Å². The summed E-state index contributed by atoms with van der Waals surface area (Å²) in [7, 11) is 1.90. The fourth-order valence-corrected chi connectivity index (χ4v) is 3.96. The van der Waals surface area contributed by atoms with Crippen LogP contribution in [0.3, 0.4) is 0 Å². The Kier molecular flexibility index (Phi) is 9.36. The molecule has 9 heteroatoms. The summed E-state index contributed by atoms with van der Waals surface area (Å²) in [6.07, 6.45) is 5.25. The van der Waals surface area contributed by atoms with Crippen molar-refractivity contribution in [2.45, 2.75) is 45.6 Å². The zero-order valence-electron chi connectivity index (χ0n) is 18.8. The second-order valence-corrected chi connectivity index (χ2v) is 8.48. The van der Waals surface area contributed by atoms with Crippen LogP contribution >= 0.6 is 0 Å². The van der Waals surface area contributed by atoms with Gasteiger partial charge in [0.2, 0.25) is 11.8 Å². The third-order valence-corrected chi connectivity index (χ3v) is 5.89. The van der Waals surface area contributed by atoms with Crippen molar-refractivity contribution in [1.29, 1.82) is 0 Å².